The number of anilines is 1. The van der Waals surface area contributed by atoms with Crippen molar-refractivity contribution in [3.05, 3.63) is 77.8 Å². The van der Waals surface area contributed by atoms with Crippen LogP contribution in [0.4, 0.5) is 10.2 Å². The molecule has 0 spiro atoms. The monoisotopic (exact) mass is 406 g/mol. The van der Waals surface area contributed by atoms with E-state index in [1.807, 2.05) is 19.9 Å². The Labute approximate surface area is 174 Å². The molecule has 1 aliphatic carbocycles. The van der Waals surface area contributed by atoms with E-state index in [1.54, 1.807) is 36.7 Å². The summed E-state index contributed by atoms with van der Waals surface area (Å²) in [6.07, 6.45) is 4.62. The van der Waals surface area contributed by atoms with Crippen LogP contribution in [0.1, 0.15) is 30.4 Å². The summed E-state index contributed by atoms with van der Waals surface area (Å²) in [5.74, 6) is 1.06. The van der Waals surface area contributed by atoms with Gasteiger partial charge in [-0.25, -0.2) is 19.3 Å². The Hall–Kier alpha value is -3.35. The van der Waals surface area contributed by atoms with E-state index in [1.165, 1.54) is 12.1 Å². The molecule has 4 rings (SSSR count). The van der Waals surface area contributed by atoms with Crippen LogP contribution in [0.3, 0.4) is 0 Å². The SMILES string of the molecule is CCc1nc(C)ncc1OC[C@@]1(c2ccc(F)cc2)C[C@H]1C(=O)Nc1ccccn1. The Morgan fingerprint density at radius 3 is 2.73 bits per heavy atom. The average molecular weight is 406 g/mol. The van der Waals surface area contributed by atoms with E-state index >= 15 is 0 Å². The number of carbonyl (C=O) groups excluding carboxylic acids is 1. The maximum absolute atomic E-state index is 13.5. The number of ether oxygens (including phenoxy) is 1. The zero-order chi connectivity index (χ0) is 21.1. The number of carbonyl (C=O) groups is 1. The maximum Gasteiger partial charge on any atom is 0.229 e. The first-order valence-electron chi connectivity index (χ1n) is 9.95. The van der Waals surface area contributed by atoms with Gasteiger partial charge in [0.2, 0.25) is 5.91 Å². The van der Waals surface area contributed by atoms with Crippen molar-refractivity contribution in [3.63, 3.8) is 0 Å². The molecule has 0 radical (unpaired) electrons. The van der Waals surface area contributed by atoms with Gasteiger partial charge in [0.15, 0.2) is 5.75 Å². The number of benzene rings is 1. The Balaban J connectivity index is 1.57. The van der Waals surface area contributed by atoms with E-state index in [0.29, 0.717) is 30.2 Å². The lowest BCUT2D eigenvalue weighted by Crippen LogP contribution is -2.27. The number of hydrogen-bond acceptors (Lipinski definition) is 5. The third-order valence-corrected chi connectivity index (χ3v) is 5.50. The highest BCUT2D eigenvalue weighted by atomic mass is 19.1. The van der Waals surface area contributed by atoms with Gasteiger partial charge in [-0.2, -0.15) is 0 Å². The minimum atomic E-state index is -0.539. The van der Waals surface area contributed by atoms with E-state index in [4.69, 9.17) is 4.74 Å². The van der Waals surface area contributed by atoms with Gasteiger partial charge in [0.05, 0.1) is 24.4 Å². The number of hydrogen-bond donors (Lipinski definition) is 1. The summed E-state index contributed by atoms with van der Waals surface area (Å²) in [7, 11) is 0. The van der Waals surface area contributed by atoms with Gasteiger partial charge in [0, 0.05) is 11.6 Å². The fraction of sp³-hybridized carbons (Fsp3) is 0.304. The van der Waals surface area contributed by atoms with Gasteiger partial charge in [-0.05, 0) is 49.6 Å². The number of nitrogens with zero attached hydrogens (tertiary/aromatic N) is 3. The van der Waals surface area contributed by atoms with Crippen LogP contribution in [-0.2, 0) is 16.6 Å². The van der Waals surface area contributed by atoms with Gasteiger partial charge in [-0.3, -0.25) is 4.79 Å². The van der Waals surface area contributed by atoms with Crippen molar-refractivity contribution < 1.29 is 13.9 Å². The first-order valence-corrected chi connectivity index (χ1v) is 9.95. The molecule has 0 unspecified atom stereocenters. The second-order valence-electron chi connectivity index (χ2n) is 7.49. The molecule has 1 fully saturated rings. The van der Waals surface area contributed by atoms with Crippen LogP contribution in [0.15, 0.2) is 54.9 Å². The summed E-state index contributed by atoms with van der Waals surface area (Å²) < 4.78 is 19.6. The van der Waals surface area contributed by atoms with Crippen molar-refractivity contribution in [2.45, 2.75) is 32.1 Å². The molecule has 30 heavy (non-hydrogen) atoms. The molecule has 0 bridgehead atoms. The molecule has 1 aromatic carbocycles. The third kappa shape index (κ3) is 4.01. The summed E-state index contributed by atoms with van der Waals surface area (Å²) in [5, 5.41) is 2.86. The highest BCUT2D eigenvalue weighted by Crippen LogP contribution is 2.55. The molecule has 0 aliphatic heterocycles. The number of aromatic nitrogens is 3. The zero-order valence-electron chi connectivity index (χ0n) is 16.9. The topological polar surface area (TPSA) is 77.0 Å². The van der Waals surface area contributed by atoms with E-state index < -0.39 is 5.41 Å². The lowest BCUT2D eigenvalue weighted by molar-refractivity contribution is -0.117. The summed E-state index contributed by atoms with van der Waals surface area (Å²) in [5.41, 5.74) is 1.16. The molecular formula is C23H23FN4O2. The number of amides is 1. The smallest absolute Gasteiger partial charge is 0.229 e. The standard InChI is InChI=1S/C23H23FN4O2/c1-3-19-20(13-26-15(2)27-19)30-14-23(16-7-9-17(24)10-8-16)12-18(23)22(29)28-21-6-4-5-11-25-21/h4-11,13,18H,3,12,14H2,1-2H3,(H,25,28,29)/t18-,23+/m0/s1. The summed E-state index contributed by atoms with van der Waals surface area (Å²) in [4.78, 5) is 25.7. The van der Waals surface area contributed by atoms with Gasteiger partial charge >= 0.3 is 0 Å². The summed E-state index contributed by atoms with van der Waals surface area (Å²) in [6, 6.07) is 11.6. The molecule has 3 aromatic rings. The second-order valence-corrected chi connectivity index (χ2v) is 7.49. The number of halogens is 1. The van der Waals surface area contributed by atoms with Gasteiger partial charge in [-0.15, -0.1) is 0 Å². The molecule has 6 nitrogen and oxygen atoms in total. The summed E-state index contributed by atoms with van der Waals surface area (Å²) >= 11 is 0. The maximum atomic E-state index is 13.5. The van der Waals surface area contributed by atoms with Crippen LogP contribution in [0.2, 0.25) is 0 Å². The molecule has 1 N–H and O–H groups in total. The van der Waals surface area contributed by atoms with Gasteiger partial charge in [0.25, 0.3) is 0 Å². The summed E-state index contributed by atoms with van der Waals surface area (Å²) in [6.45, 7) is 4.12. The quantitative estimate of drug-likeness (QED) is 0.645. The van der Waals surface area contributed by atoms with Crippen molar-refractivity contribution in [3.8, 4) is 5.75 Å². The number of aryl methyl sites for hydroxylation is 2. The largest absolute Gasteiger partial charge is 0.489 e. The van der Waals surface area contributed by atoms with Crippen LogP contribution in [0.5, 0.6) is 5.75 Å². The second kappa shape index (κ2) is 8.18. The fourth-order valence-corrected chi connectivity index (χ4v) is 3.73. The first kappa shape index (κ1) is 19.9. The number of nitrogens with one attached hydrogen (secondary N) is 1. The molecule has 2 heterocycles. The fourth-order valence-electron chi connectivity index (χ4n) is 3.73. The van der Waals surface area contributed by atoms with E-state index in [2.05, 4.69) is 20.3 Å². The van der Waals surface area contributed by atoms with Crippen molar-refractivity contribution in [1.29, 1.82) is 0 Å². The van der Waals surface area contributed by atoms with Crippen LogP contribution >= 0.6 is 0 Å². The minimum Gasteiger partial charge on any atom is -0.489 e. The molecule has 1 saturated carbocycles. The highest BCUT2D eigenvalue weighted by Gasteiger charge is 2.60. The van der Waals surface area contributed by atoms with Gasteiger partial charge in [0.1, 0.15) is 17.5 Å². The Bertz CT molecular complexity index is 1040. The van der Waals surface area contributed by atoms with Gasteiger partial charge in [-0.1, -0.05) is 25.1 Å². The molecular weight excluding hydrogens is 383 g/mol. The Kier molecular flexibility index (Phi) is 5.44. The van der Waals surface area contributed by atoms with Crippen molar-refractivity contribution >= 4 is 11.7 Å². The lowest BCUT2D eigenvalue weighted by atomic mass is 9.93. The molecule has 1 amide bonds. The average Bonchev–Trinajstić information content (AvgIpc) is 3.50. The normalized spacial score (nSPS) is 19.9. The van der Waals surface area contributed by atoms with Crippen molar-refractivity contribution in [1.82, 2.24) is 15.0 Å². The molecule has 2 aromatic heterocycles. The van der Waals surface area contributed by atoms with Crippen molar-refractivity contribution in [2.24, 2.45) is 5.92 Å². The predicted molar refractivity (Wildman–Crippen MR) is 111 cm³/mol. The molecule has 2 atom stereocenters. The third-order valence-electron chi connectivity index (χ3n) is 5.50. The van der Waals surface area contributed by atoms with Crippen molar-refractivity contribution in [2.75, 3.05) is 11.9 Å². The van der Waals surface area contributed by atoms with E-state index in [-0.39, 0.29) is 24.2 Å². The number of pyridine rings is 1. The predicted octanol–water partition coefficient (Wildman–Crippen LogP) is 3.86. The van der Waals surface area contributed by atoms with Crippen LogP contribution in [-0.4, -0.2) is 27.5 Å². The highest BCUT2D eigenvalue weighted by molar-refractivity contribution is 5.95. The molecule has 154 valence electrons. The van der Waals surface area contributed by atoms with E-state index in [0.717, 1.165) is 11.3 Å². The molecule has 0 saturated heterocycles. The van der Waals surface area contributed by atoms with E-state index in [9.17, 15) is 9.18 Å². The van der Waals surface area contributed by atoms with Gasteiger partial charge < -0.3 is 10.1 Å². The van der Waals surface area contributed by atoms with Crippen LogP contribution in [0, 0.1) is 18.7 Å². The first-order chi connectivity index (χ1) is 14.5. The molecule has 1 aliphatic rings. The minimum absolute atomic E-state index is 0.127. The molecule has 7 heteroatoms. The Morgan fingerprint density at radius 2 is 2.03 bits per heavy atom. The Morgan fingerprint density at radius 1 is 1.23 bits per heavy atom. The van der Waals surface area contributed by atoms with Crippen LogP contribution < -0.4 is 10.1 Å². The zero-order valence-corrected chi connectivity index (χ0v) is 16.9. The number of rotatable bonds is 7. The van der Waals surface area contributed by atoms with Crippen LogP contribution in [0.25, 0.3) is 0 Å². The lowest BCUT2D eigenvalue weighted by Gasteiger charge is -2.20.